The van der Waals surface area contributed by atoms with Crippen molar-refractivity contribution in [1.82, 2.24) is 10.6 Å². The molecule has 1 aliphatic heterocycles. The summed E-state index contributed by atoms with van der Waals surface area (Å²) < 4.78 is 10.7. The highest BCUT2D eigenvalue weighted by atomic mass is 35.5. The molecule has 1 unspecified atom stereocenters. The van der Waals surface area contributed by atoms with Crippen LogP contribution in [0.25, 0.3) is 0 Å². The Balaban J connectivity index is 1.77. The van der Waals surface area contributed by atoms with E-state index in [2.05, 4.69) is 10.6 Å². The molecular weight excluding hydrogens is 280 g/mol. The summed E-state index contributed by atoms with van der Waals surface area (Å²) in [6.07, 6.45) is 2.21. The highest BCUT2D eigenvalue weighted by Crippen LogP contribution is 2.22. The maximum Gasteiger partial charge on any atom is 0.315 e. The molecule has 1 aromatic carbocycles. The van der Waals surface area contributed by atoms with Gasteiger partial charge in [0, 0.05) is 30.3 Å². The van der Waals surface area contributed by atoms with Crippen LogP contribution in [0.4, 0.5) is 4.79 Å². The Morgan fingerprint density at radius 2 is 2.35 bits per heavy atom. The molecule has 0 aromatic heterocycles. The number of amides is 2. The summed E-state index contributed by atoms with van der Waals surface area (Å²) in [7, 11) is 1.58. The molecule has 2 N–H and O–H groups in total. The third-order valence-corrected chi connectivity index (χ3v) is 3.44. The average Bonchev–Trinajstić information content (AvgIpc) is 2.97. The lowest BCUT2D eigenvalue weighted by molar-refractivity contribution is 0.111. The van der Waals surface area contributed by atoms with E-state index in [1.54, 1.807) is 19.2 Å². The van der Waals surface area contributed by atoms with Crippen LogP contribution in [-0.4, -0.2) is 32.4 Å². The second kappa shape index (κ2) is 7.36. The quantitative estimate of drug-likeness (QED) is 0.877. The van der Waals surface area contributed by atoms with Crippen molar-refractivity contribution in [2.24, 2.45) is 0 Å². The van der Waals surface area contributed by atoms with Crippen molar-refractivity contribution in [3.63, 3.8) is 0 Å². The molecule has 2 rings (SSSR count). The van der Waals surface area contributed by atoms with E-state index < -0.39 is 0 Å². The van der Waals surface area contributed by atoms with Crippen LogP contribution >= 0.6 is 11.6 Å². The predicted molar refractivity (Wildman–Crippen MR) is 77.2 cm³/mol. The molecule has 0 spiro atoms. The number of halogens is 1. The molecule has 6 heteroatoms. The number of methoxy groups -OCH3 is 1. The summed E-state index contributed by atoms with van der Waals surface area (Å²) in [6.45, 7) is 1.72. The van der Waals surface area contributed by atoms with Gasteiger partial charge in [0.15, 0.2) is 0 Å². The molecule has 2 amide bonds. The lowest BCUT2D eigenvalue weighted by Crippen LogP contribution is -2.39. The fourth-order valence-corrected chi connectivity index (χ4v) is 2.28. The largest absolute Gasteiger partial charge is 0.496 e. The summed E-state index contributed by atoms with van der Waals surface area (Å²) >= 11 is 5.89. The van der Waals surface area contributed by atoms with Crippen LogP contribution in [0, 0.1) is 0 Å². The Kier molecular flexibility index (Phi) is 5.49. The molecule has 1 atom stereocenters. The third kappa shape index (κ3) is 4.28. The molecular formula is C14H19ClN2O3. The average molecular weight is 299 g/mol. The summed E-state index contributed by atoms with van der Waals surface area (Å²) in [5.41, 5.74) is 0.879. The number of nitrogens with one attached hydrogen (secondary N) is 2. The number of urea groups is 1. The second-order valence-electron chi connectivity index (χ2n) is 4.65. The summed E-state index contributed by atoms with van der Waals surface area (Å²) in [5.74, 6) is 0.664. The summed E-state index contributed by atoms with van der Waals surface area (Å²) in [6, 6.07) is 5.12. The Morgan fingerprint density at radius 1 is 1.50 bits per heavy atom. The van der Waals surface area contributed by atoms with Gasteiger partial charge < -0.3 is 20.1 Å². The first kappa shape index (κ1) is 14.9. The van der Waals surface area contributed by atoms with Crippen LogP contribution in [0.1, 0.15) is 18.4 Å². The van der Waals surface area contributed by atoms with Crippen molar-refractivity contribution >= 4 is 17.6 Å². The first-order valence-corrected chi connectivity index (χ1v) is 7.02. The number of carbonyl (C=O) groups excluding carboxylic acids is 1. The standard InChI is InChI=1S/C14H19ClN2O3/c1-19-13-7-11(15)5-4-10(13)8-16-14(18)17-9-12-3-2-6-20-12/h4-5,7,12H,2-3,6,8-9H2,1H3,(H2,16,17,18). The first-order valence-electron chi connectivity index (χ1n) is 6.65. The Hall–Kier alpha value is -1.46. The zero-order valence-electron chi connectivity index (χ0n) is 11.4. The molecule has 1 saturated heterocycles. The maximum atomic E-state index is 11.7. The topological polar surface area (TPSA) is 59.6 Å². The van der Waals surface area contributed by atoms with Crippen LogP contribution < -0.4 is 15.4 Å². The monoisotopic (exact) mass is 298 g/mol. The van der Waals surface area contributed by atoms with E-state index in [0.29, 0.717) is 23.9 Å². The van der Waals surface area contributed by atoms with E-state index in [1.807, 2.05) is 6.07 Å². The van der Waals surface area contributed by atoms with E-state index in [0.717, 1.165) is 25.0 Å². The van der Waals surface area contributed by atoms with Crippen molar-refractivity contribution in [3.8, 4) is 5.75 Å². The van der Waals surface area contributed by atoms with Gasteiger partial charge >= 0.3 is 6.03 Å². The lowest BCUT2D eigenvalue weighted by Gasteiger charge is -2.13. The molecule has 0 radical (unpaired) electrons. The fourth-order valence-electron chi connectivity index (χ4n) is 2.11. The van der Waals surface area contributed by atoms with E-state index >= 15 is 0 Å². The number of benzene rings is 1. The van der Waals surface area contributed by atoms with Gasteiger partial charge in [-0.15, -0.1) is 0 Å². The van der Waals surface area contributed by atoms with Crippen LogP contribution in [-0.2, 0) is 11.3 Å². The van der Waals surface area contributed by atoms with Crippen molar-refractivity contribution in [3.05, 3.63) is 28.8 Å². The molecule has 0 saturated carbocycles. The Bertz CT molecular complexity index is 462. The Morgan fingerprint density at radius 3 is 3.05 bits per heavy atom. The molecule has 1 aliphatic rings. The fraction of sp³-hybridized carbons (Fsp3) is 0.500. The zero-order chi connectivity index (χ0) is 14.4. The highest BCUT2D eigenvalue weighted by molar-refractivity contribution is 6.30. The first-order chi connectivity index (χ1) is 9.69. The molecule has 1 aromatic rings. The van der Waals surface area contributed by atoms with Crippen molar-refractivity contribution in [2.75, 3.05) is 20.3 Å². The molecule has 20 heavy (non-hydrogen) atoms. The van der Waals surface area contributed by atoms with E-state index in [-0.39, 0.29) is 12.1 Å². The predicted octanol–water partition coefficient (Wildman–Crippen LogP) is 2.33. The smallest absolute Gasteiger partial charge is 0.315 e. The van der Waals surface area contributed by atoms with Gasteiger partial charge in [0.05, 0.1) is 13.2 Å². The normalized spacial score (nSPS) is 17.8. The van der Waals surface area contributed by atoms with Crippen molar-refractivity contribution in [2.45, 2.75) is 25.5 Å². The molecule has 110 valence electrons. The van der Waals surface area contributed by atoms with Gasteiger partial charge in [0.2, 0.25) is 0 Å². The molecule has 1 heterocycles. The zero-order valence-corrected chi connectivity index (χ0v) is 12.2. The lowest BCUT2D eigenvalue weighted by atomic mass is 10.2. The van der Waals surface area contributed by atoms with Gasteiger partial charge in [0.25, 0.3) is 0 Å². The minimum absolute atomic E-state index is 0.144. The van der Waals surface area contributed by atoms with Crippen molar-refractivity contribution < 1.29 is 14.3 Å². The molecule has 0 bridgehead atoms. The number of hydrogen-bond acceptors (Lipinski definition) is 3. The SMILES string of the molecule is COc1cc(Cl)ccc1CNC(=O)NCC1CCCO1. The second-order valence-corrected chi connectivity index (χ2v) is 5.09. The van der Waals surface area contributed by atoms with Gasteiger partial charge in [-0.05, 0) is 25.0 Å². The number of carbonyl (C=O) groups is 1. The van der Waals surface area contributed by atoms with Crippen LogP contribution in [0.3, 0.4) is 0 Å². The number of ether oxygens (including phenoxy) is 2. The Labute approximate surface area is 123 Å². The van der Waals surface area contributed by atoms with Gasteiger partial charge in [-0.2, -0.15) is 0 Å². The van der Waals surface area contributed by atoms with Crippen LogP contribution in [0.15, 0.2) is 18.2 Å². The number of hydrogen-bond donors (Lipinski definition) is 2. The van der Waals surface area contributed by atoms with E-state index in [9.17, 15) is 4.79 Å². The van der Waals surface area contributed by atoms with Crippen molar-refractivity contribution in [1.29, 1.82) is 0 Å². The number of rotatable bonds is 5. The minimum Gasteiger partial charge on any atom is -0.496 e. The summed E-state index contributed by atoms with van der Waals surface area (Å²) in [5, 5.41) is 6.20. The van der Waals surface area contributed by atoms with Crippen LogP contribution in [0.5, 0.6) is 5.75 Å². The van der Waals surface area contributed by atoms with Gasteiger partial charge in [-0.3, -0.25) is 0 Å². The minimum atomic E-state index is -0.211. The van der Waals surface area contributed by atoms with Gasteiger partial charge in [-0.1, -0.05) is 17.7 Å². The maximum absolute atomic E-state index is 11.7. The van der Waals surface area contributed by atoms with Gasteiger partial charge in [-0.25, -0.2) is 4.79 Å². The molecule has 5 nitrogen and oxygen atoms in total. The summed E-state index contributed by atoms with van der Waals surface area (Å²) in [4.78, 5) is 11.7. The molecule has 0 aliphatic carbocycles. The van der Waals surface area contributed by atoms with Crippen LogP contribution in [0.2, 0.25) is 5.02 Å². The highest BCUT2D eigenvalue weighted by Gasteiger charge is 2.16. The van der Waals surface area contributed by atoms with Gasteiger partial charge in [0.1, 0.15) is 5.75 Å². The van der Waals surface area contributed by atoms with E-state index in [4.69, 9.17) is 21.1 Å². The van der Waals surface area contributed by atoms with E-state index in [1.165, 1.54) is 0 Å². The molecule has 1 fully saturated rings. The third-order valence-electron chi connectivity index (χ3n) is 3.20.